The minimum Gasteiger partial charge on any atom is -0.496 e. The van der Waals surface area contributed by atoms with E-state index in [0.29, 0.717) is 11.3 Å². The summed E-state index contributed by atoms with van der Waals surface area (Å²) in [5, 5.41) is 2.96. The summed E-state index contributed by atoms with van der Waals surface area (Å²) < 4.78 is 10.7. The lowest BCUT2D eigenvalue weighted by atomic mass is 10.1. The number of esters is 1. The van der Waals surface area contributed by atoms with Gasteiger partial charge in [-0.15, -0.1) is 0 Å². The van der Waals surface area contributed by atoms with E-state index in [1.807, 2.05) is 12.1 Å². The molecule has 1 amide bonds. The highest BCUT2D eigenvalue weighted by Crippen LogP contribution is 2.26. The monoisotopic (exact) mass is 384 g/mol. The van der Waals surface area contributed by atoms with Crippen molar-refractivity contribution in [2.24, 2.45) is 0 Å². The predicted octanol–water partition coefficient (Wildman–Crippen LogP) is 1.69. The van der Waals surface area contributed by atoms with Gasteiger partial charge in [0.15, 0.2) is 5.11 Å². The normalized spacial score (nSPS) is 16.0. The van der Waals surface area contributed by atoms with E-state index in [4.69, 9.17) is 17.0 Å². The fourth-order valence-electron chi connectivity index (χ4n) is 1.88. The molecule has 1 aromatic carbocycles. The standard InChI is InChI=1S/C14H13BrN2O4S/c1-20-11-4-3-9(15)5-8(11)6-10-13(19)17(14(22)16-10)7-12(18)21-2/h3-6H,7H2,1-2H3,(H,16,22)/b10-6-. The van der Waals surface area contributed by atoms with E-state index >= 15 is 0 Å². The molecule has 0 radical (unpaired) electrons. The SMILES string of the molecule is COC(=O)CN1C(=O)/C(=C/c2cc(Br)ccc2OC)NC1=S. The van der Waals surface area contributed by atoms with Crippen LogP contribution in [0.15, 0.2) is 28.4 Å². The fourth-order valence-corrected chi connectivity index (χ4v) is 2.52. The van der Waals surface area contributed by atoms with Crippen LogP contribution >= 0.6 is 28.1 Å². The lowest BCUT2D eigenvalue weighted by Crippen LogP contribution is -2.35. The number of halogens is 1. The summed E-state index contributed by atoms with van der Waals surface area (Å²) in [7, 11) is 2.80. The van der Waals surface area contributed by atoms with Crippen molar-refractivity contribution in [1.82, 2.24) is 10.2 Å². The topological polar surface area (TPSA) is 67.9 Å². The molecule has 0 atom stereocenters. The Morgan fingerprint density at radius 1 is 1.45 bits per heavy atom. The van der Waals surface area contributed by atoms with Crippen molar-refractivity contribution in [1.29, 1.82) is 0 Å². The first kappa shape index (κ1) is 16.4. The molecule has 1 heterocycles. The minimum absolute atomic E-state index is 0.163. The van der Waals surface area contributed by atoms with E-state index in [1.165, 1.54) is 7.11 Å². The van der Waals surface area contributed by atoms with Gasteiger partial charge in [-0.3, -0.25) is 14.5 Å². The molecule has 0 spiro atoms. The molecule has 1 aliphatic rings. The Labute approximate surface area is 141 Å². The maximum Gasteiger partial charge on any atom is 0.325 e. The van der Waals surface area contributed by atoms with E-state index in [1.54, 1.807) is 19.3 Å². The first-order chi connectivity index (χ1) is 10.5. The largest absolute Gasteiger partial charge is 0.496 e. The van der Waals surface area contributed by atoms with Crippen LogP contribution in [0.5, 0.6) is 5.75 Å². The number of carbonyl (C=O) groups is 2. The number of rotatable bonds is 4. The Balaban J connectivity index is 2.30. The van der Waals surface area contributed by atoms with E-state index in [0.717, 1.165) is 9.37 Å². The van der Waals surface area contributed by atoms with Gasteiger partial charge >= 0.3 is 5.97 Å². The summed E-state index contributed by atoms with van der Waals surface area (Å²) in [5.74, 6) is -0.321. The number of amides is 1. The molecular weight excluding hydrogens is 372 g/mol. The third kappa shape index (κ3) is 3.45. The smallest absolute Gasteiger partial charge is 0.325 e. The highest BCUT2D eigenvalue weighted by Gasteiger charge is 2.32. The molecule has 1 aliphatic heterocycles. The molecule has 0 saturated carbocycles. The molecule has 1 saturated heterocycles. The zero-order valence-electron chi connectivity index (χ0n) is 11.9. The Morgan fingerprint density at radius 2 is 2.18 bits per heavy atom. The van der Waals surface area contributed by atoms with Gasteiger partial charge in [-0.05, 0) is 36.5 Å². The molecular formula is C14H13BrN2O4S. The lowest BCUT2D eigenvalue weighted by Gasteiger charge is -2.11. The number of ether oxygens (including phenoxy) is 2. The molecule has 116 valence electrons. The van der Waals surface area contributed by atoms with Crippen molar-refractivity contribution < 1.29 is 19.1 Å². The Bertz CT molecular complexity index is 675. The molecule has 22 heavy (non-hydrogen) atoms. The van der Waals surface area contributed by atoms with Gasteiger partial charge in [-0.25, -0.2) is 0 Å². The number of hydrogen-bond acceptors (Lipinski definition) is 5. The molecule has 6 nitrogen and oxygen atoms in total. The van der Waals surface area contributed by atoms with Gasteiger partial charge in [0.1, 0.15) is 18.0 Å². The van der Waals surface area contributed by atoms with Crippen molar-refractivity contribution in [3.63, 3.8) is 0 Å². The molecule has 1 fully saturated rings. The quantitative estimate of drug-likeness (QED) is 0.484. The van der Waals surface area contributed by atoms with Gasteiger partial charge in [0, 0.05) is 10.0 Å². The Hall–Kier alpha value is -1.93. The highest BCUT2D eigenvalue weighted by molar-refractivity contribution is 9.10. The van der Waals surface area contributed by atoms with Crippen LogP contribution in [0.3, 0.4) is 0 Å². The summed E-state index contributed by atoms with van der Waals surface area (Å²) in [6, 6.07) is 5.42. The van der Waals surface area contributed by atoms with Crippen LogP contribution in [-0.4, -0.2) is 42.7 Å². The van der Waals surface area contributed by atoms with Gasteiger partial charge < -0.3 is 14.8 Å². The number of nitrogens with one attached hydrogen (secondary N) is 1. The van der Waals surface area contributed by atoms with Crippen molar-refractivity contribution in [2.45, 2.75) is 0 Å². The lowest BCUT2D eigenvalue weighted by molar-refractivity contribution is -0.143. The second kappa shape index (κ2) is 6.89. The van der Waals surface area contributed by atoms with Gasteiger partial charge in [0.05, 0.1) is 14.2 Å². The maximum absolute atomic E-state index is 12.3. The van der Waals surface area contributed by atoms with Crippen LogP contribution in [-0.2, 0) is 14.3 Å². The van der Waals surface area contributed by atoms with Crippen LogP contribution in [0.1, 0.15) is 5.56 Å². The molecule has 1 N–H and O–H groups in total. The highest BCUT2D eigenvalue weighted by atomic mass is 79.9. The predicted molar refractivity (Wildman–Crippen MR) is 88.1 cm³/mol. The summed E-state index contributed by atoms with van der Waals surface area (Å²) >= 11 is 8.44. The van der Waals surface area contributed by atoms with Crippen molar-refractivity contribution in [3.8, 4) is 5.75 Å². The molecule has 2 rings (SSSR count). The summed E-state index contributed by atoms with van der Waals surface area (Å²) in [5.41, 5.74) is 0.973. The molecule has 1 aromatic rings. The van der Waals surface area contributed by atoms with E-state index in [9.17, 15) is 9.59 Å². The van der Waals surface area contributed by atoms with Crippen molar-refractivity contribution in [3.05, 3.63) is 33.9 Å². The Kier molecular flexibility index (Phi) is 5.15. The molecule has 0 bridgehead atoms. The fraction of sp³-hybridized carbons (Fsp3) is 0.214. The second-order valence-electron chi connectivity index (χ2n) is 4.34. The minimum atomic E-state index is -0.543. The first-order valence-corrected chi connectivity index (χ1v) is 7.41. The zero-order valence-corrected chi connectivity index (χ0v) is 14.3. The number of methoxy groups -OCH3 is 2. The molecule has 0 unspecified atom stereocenters. The second-order valence-corrected chi connectivity index (χ2v) is 5.64. The molecule has 0 aromatic heterocycles. The van der Waals surface area contributed by atoms with E-state index < -0.39 is 11.9 Å². The van der Waals surface area contributed by atoms with E-state index in [-0.39, 0.29) is 17.4 Å². The van der Waals surface area contributed by atoms with Gasteiger partial charge in [0.2, 0.25) is 0 Å². The number of benzene rings is 1. The van der Waals surface area contributed by atoms with Crippen LogP contribution in [0.25, 0.3) is 6.08 Å². The van der Waals surface area contributed by atoms with E-state index in [2.05, 4.69) is 26.0 Å². The summed E-state index contributed by atoms with van der Waals surface area (Å²) in [4.78, 5) is 24.8. The van der Waals surface area contributed by atoms with Gasteiger partial charge in [-0.2, -0.15) is 0 Å². The van der Waals surface area contributed by atoms with Crippen LogP contribution < -0.4 is 10.1 Å². The molecule has 8 heteroatoms. The van der Waals surface area contributed by atoms with Crippen LogP contribution in [0.2, 0.25) is 0 Å². The number of thiocarbonyl (C=S) groups is 1. The zero-order chi connectivity index (χ0) is 16.3. The number of carbonyl (C=O) groups excluding carboxylic acids is 2. The third-order valence-corrected chi connectivity index (χ3v) is 3.78. The average Bonchev–Trinajstić information content (AvgIpc) is 2.75. The summed E-state index contributed by atoms with van der Waals surface area (Å²) in [6.07, 6.45) is 1.62. The third-order valence-electron chi connectivity index (χ3n) is 2.97. The average molecular weight is 385 g/mol. The molecule has 0 aliphatic carbocycles. The van der Waals surface area contributed by atoms with Gasteiger partial charge in [0.25, 0.3) is 5.91 Å². The van der Waals surface area contributed by atoms with Gasteiger partial charge in [-0.1, -0.05) is 15.9 Å². The van der Waals surface area contributed by atoms with Crippen LogP contribution in [0, 0.1) is 0 Å². The first-order valence-electron chi connectivity index (χ1n) is 6.21. The summed E-state index contributed by atoms with van der Waals surface area (Å²) in [6.45, 7) is -0.228. The van der Waals surface area contributed by atoms with Crippen LogP contribution in [0.4, 0.5) is 0 Å². The Morgan fingerprint density at radius 3 is 2.82 bits per heavy atom. The number of hydrogen-bond donors (Lipinski definition) is 1. The number of nitrogens with zero attached hydrogens (tertiary/aromatic N) is 1. The van der Waals surface area contributed by atoms with Crippen molar-refractivity contribution >= 4 is 51.2 Å². The van der Waals surface area contributed by atoms with Crippen molar-refractivity contribution in [2.75, 3.05) is 20.8 Å². The maximum atomic E-state index is 12.3.